The second-order valence-electron chi connectivity index (χ2n) is 6.86. The molecule has 27 heavy (non-hydrogen) atoms. The van der Waals surface area contributed by atoms with Gasteiger partial charge in [-0.2, -0.15) is 0 Å². The summed E-state index contributed by atoms with van der Waals surface area (Å²) < 4.78 is 11.1. The van der Waals surface area contributed by atoms with Crippen LogP contribution >= 0.6 is 0 Å². The molecule has 0 spiro atoms. The minimum absolute atomic E-state index is 0.223. The quantitative estimate of drug-likeness (QED) is 0.579. The number of likely N-dealkylation sites (tertiary alicyclic amines) is 1. The van der Waals surface area contributed by atoms with Gasteiger partial charge < -0.3 is 19.8 Å². The van der Waals surface area contributed by atoms with E-state index in [0.717, 1.165) is 42.9 Å². The van der Waals surface area contributed by atoms with E-state index in [9.17, 15) is 0 Å². The van der Waals surface area contributed by atoms with Crippen LogP contribution in [0.25, 0.3) is 0 Å². The molecule has 1 atom stereocenters. The van der Waals surface area contributed by atoms with Crippen molar-refractivity contribution < 1.29 is 9.15 Å². The molecule has 1 unspecified atom stereocenters. The Hall–Kier alpha value is -2.47. The lowest BCUT2D eigenvalue weighted by atomic mass is 10.2. The Kier molecular flexibility index (Phi) is 6.76. The third kappa shape index (κ3) is 5.26. The van der Waals surface area contributed by atoms with Crippen molar-refractivity contribution in [2.75, 3.05) is 33.8 Å². The normalized spacial score (nSPS) is 16.3. The maximum absolute atomic E-state index is 5.92. The van der Waals surface area contributed by atoms with Gasteiger partial charge in [-0.3, -0.25) is 9.89 Å². The van der Waals surface area contributed by atoms with Crippen LogP contribution < -0.4 is 15.4 Å². The number of nitrogens with zero attached hydrogens (tertiary/aromatic N) is 2. The van der Waals surface area contributed by atoms with Gasteiger partial charge in [0.05, 0.1) is 13.2 Å². The number of benzene rings is 1. The maximum atomic E-state index is 5.92. The first-order valence-electron chi connectivity index (χ1n) is 9.57. The highest BCUT2D eigenvalue weighted by Crippen LogP contribution is 2.26. The van der Waals surface area contributed by atoms with Gasteiger partial charge in [0.1, 0.15) is 17.3 Å². The smallest absolute Gasteiger partial charge is 0.191 e. The average molecular weight is 370 g/mol. The van der Waals surface area contributed by atoms with Gasteiger partial charge >= 0.3 is 0 Å². The highest BCUT2D eigenvalue weighted by atomic mass is 16.5. The summed E-state index contributed by atoms with van der Waals surface area (Å²) in [6.45, 7) is 5.69. The molecule has 1 fully saturated rings. The third-order valence-corrected chi connectivity index (χ3v) is 4.98. The Balaban J connectivity index is 1.57. The Bertz CT molecular complexity index is 733. The van der Waals surface area contributed by atoms with Crippen LogP contribution in [0.3, 0.4) is 0 Å². The van der Waals surface area contributed by atoms with Gasteiger partial charge in [0.15, 0.2) is 5.96 Å². The van der Waals surface area contributed by atoms with E-state index in [-0.39, 0.29) is 6.04 Å². The van der Waals surface area contributed by atoms with E-state index >= 15 is 0 Å². The number of hydrogen-bond acceptors (Lipinski definition) is 4. The lowest BCUT2D eigenvalue weighted by Crippen LogP contribution is -2.42. The molecule has 0 aliphatic carbocycles. The van der Waals surface area contributed by atoms with Gasteiger partial charge in [0.25, 0.3) is 0 Å². The van der Waals surface area contributed by atoms with Gasteiger partial charge in [-0.1, -0.05) is 12.1 Å². The van der Waals surface area contributed by atoms with E-state index in [1.165, 1.54) is 18.4 Å². The summed E-state index contributed by atoms with van der Waals surface area (Å²) in [4.78, 5) is 6.84. The SMILES string of the molecule is CN=C(NCc1ccc(OC)cc1)NCC(c1ccc(C)o1)N1CCCC1. The standard InChI is InChI=1S/C21H30N4O2/c1-16-6-11-20(27-16)19(25-12-4-5-13-25)15-24-21(22-2)23-14-17-7-9-18(26-3)10-8-17/h6-11,19H,4-5,12-15H2,1-3H3,(H2,22,23,24). The number of hydrogen-bond donors (Lipinski definition) is 2. The molecule has 0 bridgehead atoms. The molecule has 3 rings (SSSR count). The number of furan rings is 1. The number of nitrogens with one attached hydrogen (secondary N) is 2. The molecule has 0 saturated carbocycles. The van der Waals surface area contributed by atoms with Gasteiger partial charge in [-0.05, 0) is 62.7 Å². The molecular weight excluding hydrogens is 340 g/mol. The second-order valence-corrected chi connectivity index (χ2v) is 6.86. The van der Waals surface area contributed by atoms with Crippen molar-refractivity contribution >= 4 is 5.96 Å². The van der Waals surface area contributed by atoms with E-state index < -0.39 is 0 Å². The summed E-state index contributed by atoms with van der Waals surface area (Å²) in [6, 6.07) is 12.4. The number of ether oxygens (including phenoxy) is 1. The van der Waals surface area contributed by atoms with Crippen molar-refractivity contribution in [3.05, 3.63) is 53.5 Å². The second kappa shape index (κ2) is 9.46. The van der Waals surface area contributed by atoms with Crippen LogP contribution in [0.1, 0.15) is 36.0 Å². The van der Waals surface area contributed by atoms with Crippen LogP contribution in [0.2, 0.25) is 0 Å². The molecule has 6 heteroatoms. The van der Waals surface area contributed by atoms with Crippen LogP contribution in [-0.2, 0) is 6.54 Å². The van der Waals surface area contributed by atoms with E-state index in [2.05, 4.69) is 38.7 Å². The number of guanidine groups is 1. The molecule has 2 aromatic rings. The molecule has 1 aliphatic heterocycles. The number of aryl methyl sites for hydroxylation is 1. The van der Waals surface area contributed by atoms with E-state index in [1.807, 2.05) is 25.1 Å². The predicted octanol–water partition coefficient (Wildman–Crippen LogP) is 3.10. The number of methoxy groups -OCH3 is 1. The van der Waals surface area contributed by atoms with E-state index in [0.29, 0.717) is 6.54 Å². The molecule has 2 N–H and O–H groups in total. The predicted molar refractivity (Wildman–Crippen MR) is 108 cm³/mol. The van der Waals surface area contributed by atoms with Gasteiger partial charge in [-0.25, -0.2) is 0 Å². The zero-order chi connectivity index (χ0) is 19.1. The lowest BCUT2D eigenvalue weighted by Gasteiger charge is -2.26. The van der Waals surface area contributed by atoms with Crippen LogP contribution in [0.5, 0.6) is 5.75 Å². The Morgan fingerprint density at radius 1 is 1.15 bits per heavy atom. The summed E-state index contributed by atoms with van der Waals surface area (Å²) in [5.41, 5.74) is 1.18. The zero-order valence-corrected chi connectivity index (χ0v) is 16.5. The van der Waals surface area contributed by atoms with Gasteiger partial charge in [0.2, 0.25) is 0 Å². The molecule has 6 nitrogen and oxygen atoms in total. The van der Waals surface area contributed by atoms with Crippen LogP contribution in [-0.4, -0.2) is 44.7 Å². The van der Waals surface area contributed by atoms with Crippen molar-refractivity contribution in [3.8, 4) is 5.75 Å². The largest absolute Gasteiger partial charge is 0.497 e. The Morgan fingerprint density at radius 2 is 1.89 bits per heavy atom. The molecule has 0 radical (unpaired) electrons. The summed E-state index contributed by atoms with van der Waals surface area (Å²) in [5.74, 6) is 3.63. The van der Waals surface area contributed by atoms with Gasteiger partial charge in [-0.15, -0.1) is 0 Å². The van der Waals surface area contributed by atoms with Crippen LogP contribution in [0, 0.1) is 6.92 Å². The molecular formula is C21H30N4O2. The third-order valence-electron chi connectivity index (χ3n) is 4.98. The van der Waals surface area contributed by atoms with E-state index in [1.54, 1.807) is 14.2 Å². The average Bonchev–Trinajstić information content (AvgIpc) is 3.37. The van der Waals surface area contributed by atoms with E-state index in [4.69, 9.17) is 9.15 Å². The number of rotatable bonds is 7. The Morgan fingerprint density at radius 3 is 2.48 bits per heavy atom. The molecule has 1 saturated heterocycles. The van der Waals surface area contributed by atoms with Crippen molar-refractivity contribution in [2.45, 2.75) is 32.4 Å². The molecule has 1 aliphatic rings. The van der Waals surface area contributed by atoms with Crippen molar-refractivity contribution in [2.24, 2.45) is 4.99 Å². The van der Waals surface area contributed by atoms with Crippen molar-refractivity contribution in [3.63, 3.8) is 0 Å². The number of aliphatic imine (C=N–C) groups is 1. The molecule has 146 valence electrons. The fraction of sp³-hybridized carbons (Fsp3) is 0.476. The molecule has 2 heterocycles. The Labute approximate surface area is 161 Å². The monoisotopic (exact) mass is 370 g/mol. The summed E-state index contributed by atoms with van der Waals surface area (Å²) in [5, 5.41) is 6.83. The van der Waals surface area contributed by atoms with Crippen molar-refractivity contribution in [1.29, 1.82) is 0 Å². The van der Waals surface area contributed by atoms with Crippen LogP contribution in [0.4, 0.5) is 0 Å². The summed E-state index contributed by atoms with van der Waals surface area (Å²) in [6.07, 6.45) is 2.50. The lowest BCUT2D eigenvalue weighted by molar-refractivity contribution is 0.213. The minimum atomic E-state index is 0.223. The zero-order valence-electron chi connectivity index (χ0n) is 16.5. The minimum Gasteiger partial charge on any atom is -0.497 e. The van der Waals surface area contributed by atoms with Crippen molar-refractivity contribution in [1.82, 2.24) is 15.5 Å². The maximum Gasteiger partial charge on any atom is 0.191 e. The summed E-state index contributed by atoms with van der Waals surface area (Å²) in [7, 11) is 3.47. The first-order valence-corrected chi connectivity index (χ1v) is 9.57. The topological polar surface area (TPSA) is 62.0 Å². The fourth-order valence-electron chi connectivity index (χ4n) is 3.44. The molecule has 1 aromatic heterocycles. The highest BCUT2D eigenvalue weighted by Gasteiger charge is 2.26. The highest BCUT2D eigenvalue weighted by molar-refractivity contribution is 5.79. The molecule has 1 aromatic carbocycles. The summed E-state index contributed by atoms with van der Waals surface area (Å²) >= 11 is 0. The first kappa shape index (κ1) is 19.3. The fourth-order valence-corrected chi connectivity index (χ4v) is 3.44. The van der Waals surface area contributed by atoms with Gasteiger partial charge in [0, 0.05) is 20.1 Å². The van der Waals surface area contributed by atoms with Crippen LogP contribution in [0.15, 0.2) is 45.8 Å². The first-order chi connectivity index (χ1) is 13.2. The molecule has 0 amide bonds.